The van der Waals surface area contributed by atoms with Crippen LogP contribution in [0, 0.1) is 5.82 Å². The van der Waals surface area contributed by atoms with Crippen LogP contribution in [-0.4, -0.2) is 64.6 Å². The highest BCUT2D eigenvalue weighted by molar-refractivity contribution is 6.31. The Labute approximate surface area is 245 Å². The van der Waals surface area contributed by atoms with Crippen LogP contribution in [0.4, 0.5) is 32.3 Å². The van der Waals surface area contributed by atoms with Crippen molar-refractivity contribution in [1.29, 1.82) is 0 Å². The van der Waals surface area contributed by atoms with Gasteiger partial charge in [0.05, 0.1) is 35.7 Å². The van der Waals surface area contributed by atoms with E-state index < -0.39 is 11.8 Å². The number of hydrazone groups is 1. The van der Waals surface area contributed by atoms with Crippen molar-refractivity contribution in [2.45, 2.75) is 25.4 Å². The minimum atomic E-state index is -0.593. The molecule has 216 valence electrons. The van der Waals surface area contributed by atoms with E-state index in [1.54, 1.807) is 30.6 Å². The molecule has 2 aliphatic heterocycles. The Balaban J connectivity index is 1.21. The van der Waals surface area contributed by atoms with E-state index in [9.17, 15) is 9.18 Å². The Morgan fingerprint density at radius 1 is 1.14 bits per heavy atom. The van der Waals surface area contributed by atoms with Crippen molar-refractivity contribution >= 4 is 57.9 Å². The first-order valence-electron chi connectivity index (χ1n) is 13.4. The smallest absolute Gasteiger partial charge is 0.339 e. The zero-order valence-corrected chi connectivity index (χ0v) is 23.1. The molecule has 0 spiro atoms. The van der Waals surface area contributed by atoms with Gasteiger partial charge in [0, 0.05) is 54.6 Å². The van der Waals surface area contributed by atoms with Crippen LogP contribution in [0.1, 0.15) is 24.8 Å². The molecular formula is C28H27ClFN9O3. The Kier molecular flexibility index (Phi) is 8.19. The molecule has 2 amide bonds. The number of hydrogen-bond donors (Lipinski definition) is 3. The minimum absolute atomic E-state index is 0.0264. The second-order valence-corrected chi connectivity index (χ2v) is 10.2. The lowest BCUT2D eigenvalue weighted by Crippen LogP contribution is -2.25. The second kappa shape index (κ2) is 12.5. The summed E-state index contributed by atoms with van der Waals surface area (Å²) in [4.78, 5) is 32.5. The lowest BCUT2D eigenvalue weighted by Gasteiger charge is -2.18. The van der Waals surface area contributed by atoms with E-state index >= 15 is 0 Å². The van der Waals surface area contributed by atoms with Crippen LogP contribution in [0.5, 0.6) is 5.75 Å². The van der Waals surface area contributed by atoms with Gasteiger partial charge in [0.25, 0.3) is 0 Å². The maximum absolute atomic E-state index is 13.7. The zero-order chi connectivity index (χ0) is 28.9. The van der Waals surface area contributed by atoms with E-state index in [0.717, 1.165) is 25.9 Å². The first-order chi connectivity index (χ1) is 20.5. The topological polar surface area (TPSA) is 139 Å². The van der Waals surface area contributed by atoms with Crippen LogP contribution in [0.15, 0.2) is 54.2 Å². The van der Waals surface area contributed by atoms with Crippen molar-refractivity contribution in [3.05, 3.63) is 65.5 Å². The van der Waals surface area contributed by atoms with Gasteiger partial charge in [0.1, 0.15) is 29.8 Å². The molecule has 2 saturated heterocycles. The first kappa shape index (κ1) is 27.5. The van der Waals surface area contributed by atoms with Crippen LogP contribution in [0.25, 0.3) is 10.9 Å². The summed E-state index contributed by atoms with van der Waals surface area (Å²) < 4.78 is 25.3. The van der Waals surface area contributed by atoms with Gasteiger partial charge in [-0.2, -0.15) is 5.10 Å². The number of halogens is 2. The molecule has 2 aromatic carbocycles. The number of aromatic nitrogens is 4. The molecule has 4 aromatic rings. The molecule has 12 nitrogen and oxygen atoms in total. The molecular weight excluding hydrogens is 565 g/mol. The molecule has 0 aliphatic carbocycles. The van der Waals surface area contributed by atoms with Gasteiger partial charge in [-0.25, -0.2) is 34.5 Å². The summed E-state index contributed by atoms with van der Waals surface area (Å²) in [6.07, 6.45) is 8.99. The summed E-state index contributed by atoms with van der Waals surface area (Å²) in [5.74, 6) is 1.00. The van der Waals surface area contributed by atoms with Crippen molar-refractivity contribution in [3.8, 4) is 5.75 Å². The molecule has 2 aromatic heterocycles. The normalized spacial score (nSPS) is 16.7. The number of ether oxygens (including phenoxy) is 2. The number of carbonyl (C=O) groups excluding carboxylic acids is 1. The van der Waals surface area contributed by atoms with E-state index in [0.29, 0.717) is 65.0 Å². The van der Waals surface area contributed by atoms with E-state index in [2.05, 4.69) is 46.0 Å². The molecule has 14 heteroatoms. The average Bonchev–Trinajstić information content (AvgIpc) is 3.71. The largest absolute Gasteiger partial charge is 0.486 e. The standard InChI is InChI=1S/C28H27ClFN9O3/c29-21-9-18(3-4-22(21)30)36-26-20-10-24(25(11-23(20)33-16-34-26)42-19-5-8-41-15-19)37-28(40)38-35-14-17-12-31-27(32-13-17)39-6-1-2-7-39/h3-4,9-14,16,19H,1-2,5-8,15H2,(H,33,34,36)(H2,37,38,40)/b35-14+/t19-/m1/s1. The summed E-state index contributed by atoms with van der Waals surface area (Å²) in [5.41, 5.74) is 4.57. The Bertz CT molecular complexity index is 1610. The van der Waals surface area contributed by atoms with Crippen molar-refractivity contribution in [2.24, 2.45) is 5.10 Å². The predicted molar refractivity (Wildman–Crippen MR) is 157 cm³/mol. The van der Waals surface area contributed by atoms with Crippen LogP contribution >= 0.6 is 11.6 Å². The number of rotatable bonds is 8. The van der Waals surface area contributed by atoms with Gasteiger partial charge >= 0.3 is 6.03 Å². The van der Waals surface area contributed by atoms with Crippen LogP contribution < -0.4 is 25.7 Å². The third kappa shape index (κ3) is 6.47. The SMILES string of the molecule is O=C(N/N=C/c1cnc(N2CCCC2)nc1)Nc1cc2c(Nc3ccc(F)c(Cl)c3)ncnc2cc1O[C@@H]1CCOC1. The zero-order valence-electron chi connectivity index (χ0n) is 22.4. The highest BCUT2D eigenvalue weighted by Crippen LogP contribution is 2.35. The second-order valence-electron chi connectivity index (χ2n) is 9.78. The lowest BCUT2D eigenvalue weighted by molar-refractivity contribution is 0.142. The van der Waals surface area contributed by atoms with Gasteiger partial charge in [0.2, 0.25) is 5.95 Å². The lowest BCUT2D eigenvalue weighted by atomic mass is 10.1. The quantitative estimate of drug-likeness (QED) is 0.193. The number of fused-ring (bicyclic) bond motifs is 1. The fourth-order valence-corrected chi connectivity index (χ4v) is 4.85. The number of nitrogens with zero attached hydrogens (tertiary/aromatic N) is 6. The van der Waals surface area contributed by atoms with Gasteiger partial charge in [-0.05, 0) is 37.1 Å². The van der Waals surface area contributed by atoms with Crippen molar-refractivity contribution < 1.29 is 18.7 Å². The number of anilines is 4. The summed E-state index contributed by atoms with van der Waals surface area (Å²) in [6, 6.07) is 7.08. The van der Waals surface area contributed by atoms with E-state index in [1.807, 2.05) is 0 Å². The number of nitrogens with one attached hydrogen (secondary N) is 3. The molecule has 0 saturated carbocycles. The van der Waals surface area contributed by atoms with Gasteiger partial charge < -0.3 is 25.0 Å². The van der Waals surface area contributed by atoms with Gasteiger partial charge in [-0.1, -0.05) is 11.6 Å². The van der Waals surface area contributed by atoms with Crippen molar-refractivity contribution in [3.63, 3.8) is 0 Å². The number of urea groups is 1. The third-order valence-electron chi connectivity index (χ3n) is 6.78. The highest BCUT2D eigenvalue weighted by atomic mass is 35.5. The van der Waals surface area contributed by atoms with E-state index in [1.165, 1.54) is 24.7 Å². The Morgan fingerprint density at radius 2 is 1.98 bits per heavy atom. The van der Waals surface area contributed by atoms with E-state index in [4.69, 9.17) is 21.1 Å². The third-order valence-corrected chi connectivity index (χ3v) is 7.07. The maximum Gasteiger partial charge on any atom is 0.339 e. The maximum atomic E-state index is 13.7. The number of hydrogen-bond acceptors (Lipinski definition) is 10. The van der Waals surface area contributed by atoms with Gasteiger partial charge in [-0.3, -0.25) is 0 Å². The molecule has 4 heterocycles. The number of amides is 2. The monoisotopic (exact) mass is 591 g/mol. The highest BCUT2D eigenvalue weighted by Gasteiger charge is 2.21. The molecule has 2 aliphatic rings. The summed E-state index contributed by atoms with van der Waals surface area (Å²) >= 11 is 5.95. The molecule has 42 heavy (non-hydrogen) atoms. The molecule has 3 N–H and O–H groups in total. The van der Waals surface area contributed by atoms with E-state index in [-0.39, 0.29) is 11.1 Å². The van der Waals surface area contributed by atoms with Crippen LogP contribution in [0.3, 0.4) is 0 Å². The first-order valence-corrected chi connectivity index (χ1v) is 13.8. The molecule has 6 rings (SSSR count). The minimum Gasteiger partial charge on any atom is -0.486 e. The van der Waals surface area contributed by atoms with Crippen LogP contribution in [-0.2, 0) is 4.74 Å². The predicted octanol–water partition coefficient (Wildman–Crippen LogP) is 4.88. The molecule has 2 fully saturated rings. The Morgan fingerprint density at radius 3 is 2.74 bits per heavy atom. The molecule has 0 radical (unpaired) electrons. The summed E-state index contributed by atoms with van der Waals surface area (Å²) in [5, 5.41) is 10.5. The van der Waals surface area contributed by atoms with Crippen molar-refractivity contribution in [2.75, 3.05) is 41.8 Å². The summed E-state index contributed by atoms with van der Waals surface area (Å²) in [6.45, 7) is 2.94. The Hall–Kier alpha value is -4.62. The number of benzene rings is 2. The molecule has 0 unspecified atom stereocenters. The van der Waals surface area contributed by atoms with Gasteiger partial charge in [0.15, 0.2) is 0 Å². The fraction of sp³-hybridized carbons (Fsp3) is 0.286. The van der Waals surface area contributed by atoms with Crippen molar-refractivity contribution in [1.82, 2.24) is 25.4 Å². The summed E-state index contributed by atoms with van der Waals surface area (Å²) in [7, 11) is 0. The van der Waals surface area contributed by atoms with Crippen LogP contribution in [0.2, 0.25) is 5.02 Å². The fourth-order valence-electron chi connectivity index (χ4n) is 4.67. The number of carbonyl (C=O) groups is 1. The average molecular weight is 592 g/mol. The van der Waals surface area contributed by atoms with Gasteiger partial charge in [-0.15, -0.1) is 0 Å². The molecule has 0 bridgehead atoms. The molecule has 1 atom stereocenters.